The average Bonchev–Trinajstić information content (AvgIpc) is 3.04. The third-order valence-electron chi connectivity index (χ3n) is 3.23. The van der Waals surface area contributed by atoms with Crippen LogP contribution in [-0.4, -0.2) is 47.7 Å². The highest BCUT2D eigenvalue weighted by Gasteiger charge is 2.74. The van der Waals surface area contributed by atoms with Gasteiger partial charge in [0.2, 0.25) is 0 Å². The van der Waals surface area contributed by atoms with Crippen LogP contribution >= 0.6 is 0 Å². The van der Waals surface area contributed by atoms with E-state index in [4.69, 9.17) is 9.47 Å². The number of rotatable bonds is 3. The minimum atomic E-state index is -0.482. The standard InChI is InChI=1S/C12H19NO4/c1-11(2,3)17-8(14)7-13-9(10(15)16-4)12(13)5-6-12/h9H,5-7H2,1-4H3. The van der Waals surface area contributed by atoms with Crippen molar-refractivity contribution in [2.45, 2.75) is 50.8 Å². The summed E-state index contributed by atoms with van der Waals surface area (Å²) in [5, 5.41) is 0. The van der Waals surface area contributed by atoms with Gasteiger partial charge in [0.15, 0.2) is 0 Å². The van der Waals surface area contributed by atoms with Crippen molar-refractivity contribution in [3.05, 3.63) is 0 Å². The Bertz CT molecular complexity index is 354. The molecule has 0 radical (unpaired) electrons. The number of ether oxygens (including phenoxy) is 2. The Morgan fingerprint density at radius 2 is 1.94 bits per heavy atom. The van der Waals surface area contributed by atoms with Gasteiger partial charge in [-0.3, -0.25) is 14.5 Å². The number of carbonyl (C=O) groups excluding carboxylic acids is 2. The average molecular weight is 241 g/mol. The topological polar surface area (TPSA) is 55.6 Å². The largest absolute Gasteiger partial charge is 0.468 e. The Kier molecular flexibility index (Phi) is 2.69. The van der Waals surface area contributed by atoms with Crippen LogP contribution in [0, 0.1) is 0 Å². The van der Waals surface area contributed by atoms with Crippen LogP contribution in [-0.2, 0) is 19.1 Å². The van der Waals surface area contributed by atoms with Crippen LogP contribution in [0.3, 0.4) is 0 Å². The molecule has 0 amide bonds. The normalized spacial score (nSPS) is 28.7. The van der Waals surface area contributed by atoms with Crippen LogP contribution in [0.4, 0.5) is 0 Å². The quantitative estimate of drug-likeness (QED) is 0.538. The van der Waals surface area contributed by atoms with Crippen molar-refractivity contribution in [2.75, 3.05) is 13.7 Å². The summed E-state index contributed by atoms with van der Waals surface area (Å²) < 4.78 is 9.97. The van der Waals surface area contributed by atoms with Crippen LogP contribution in [0.15, 0.2) is 0 Å². The van der Waals surface area contributed by atoms with Gasteiger partial charge in [-0.25, -0.2) is 0 Å². The molecule has 2 unspecified atom stereocenters. The fourth-order valence-electron chi connectivity index (χ4n) is 2.34. The summed E-state index contributed by atoms with van der Waals surface area (Å²) in [5.41, 5.74) is -0.561. The molecule has 1 aliphatic carbocycles. The second-order valence-electron chi connectivity index (χ2n) is 5.74. The molecule has 2 atom stereocenters. The van der Waals surface area contributed by atoms with E-state index in [9.17, 15) is 9.59 Å². The van der Waals surface area contributed by atoms with Crippen LogP contribution in [0.5, 0.6) is 0 Å². The van der Waals surface area contributed by atoms with Gasteiger partial charge in [-0.15, -0.1) is 0 Å². The number of nitrogens with zero attached hydrogens (tertiary/aromatic N) is 1. The Labute approximate surface area is 101 Å². The lowest BCUT2D eigenvalue weighted by Crippen LogP contribution is -2.29. The molecule has 5 nitrogen and oxygen atoms in total. The summed E-state index contributed by atoms with van der Waals surface area (Å²) >= 11 is 0. The molecule has 96 valence electrons. The van der Waals surface area contributed by atoms with Gasteiger partial charge in [0.25, 0.3) is 0 Å². The third-order valence-corrected chi connectivity index (χ3v) is 3.23. The summed E-state index contributed by atoms with van der Waals surface area (Å²) in [6, 6.07) is -0.236. The second kappa shape index (κ2) is 3.70. The molecule has 0 bridgehead atoms. The number of hydrogen-bond donors (Lipinski definition) is 0. The van der Waals surface area contributed by atoms with Crippen LogP contribution < -0.4 is 0 Å². The van der Waals surface area contributed by atoms with Crippen molar-refractivity contribution in [1.29, 1.82) is 0 Å². The summed E-state index contributed by atoms with van der Waals surface area (Å²) in [6.45, 7) is 5.67. The summed E-state index contributed by atoms with van der Waals surface area (Å²) in [6.07, 6.45) is 1.94. The van der Waals surface area contributed by atoms with E-state index in [2.05, 4.69) is 0 Å². The van der Waals surface area contributed by atoms with Gasteiger partial charge in [0, 0.05) is 5.54 Å². The zero-order valence-corrected chi connectivity index (χ0v) is 10.8. The Hall–Kier alpha value is -1.10. The molecule has 1 saturated carbocycles. The van der Waals surface area contributed by atoms with Gasteiger partial charge in [0.05, 0.1) is 13.7 Å². The fourth-order valence-corrected chi connectivity index (χ4v) is 2.34. The first-order valence-electron chi connectivity index (χ1n) is 5.86. The van der Waals surface area contributed by atoms with Gasteiger partial charge < -0.3 is 9.47 Å². The van der Waals surface area contributed by atoms with Crippen molar-refractivity contribution < 1.29 is 19.1 Å². The fraction of sp³-hybridized carbons (Fsp3) is 0.833. The van der Waals surface area contributed by atoms with Crippen molar-refractivity contribution in [3.8, 4) is 0 Å². The number of carbonyl (C=O) groups is 2. The molecule has 1 saturated heterocycles. The molecule has 1 aliphatic heterocycles. The maximum Gasteiger partial charge on any atom is 0.325 e. The molecule has 2 aliphatic rings. The highest BCUT2D eigenvalue weighted by molar-refractivity contribution is 5.85. The van der Waals surface area contributed by atoms with Gasteiger partial charge in [-0.2, -0.15) is 0 Å². The molecule has 17 heavy (non-hydrogen) atoms. The lowest BCUT2D eigenvalue weighted by Gasteiger charge is -2.19. The van der Waals surface area contributed by atoms with Gasteiger partial charge in [-0.05, 0) is 33.6 Å². The molecule has 2 fully saturated rings. The minimum absolute atomic E-state index is 0.0794. The lowest BCUT2D eigenvalue weighted by molar-refractivity contribution is -0.155. The first kappa shape index (κ1) is 12.4. The van der Waals surface area contributed by atoms with Crippen LogP contribution in [0.2, 0.25) is 0 Å². The highest BCUT2D eigenvalue weighted by Crippen LogP contribution is 2.59. The van der Waals surface area contributed by atoms with E-state index in [0.717, 1.165) is 12.8 Å². The first-order chi connectivity index (χ1) is 7.80. The number of hydrogen-bond acceptors (Lipinski definition) is 5. The van der Waals surface area contributed by atoms with Crippen molar-refractivity contribution >= 4 is 11.9 Å². The molecule has 0 aromatic carbocycles. The van der Waals surface area contributed by atoms with Crippen molar-refractivity contribution in [2.24, 2.45) is 0 Å². The molecule has 1 spiro atoms. The number of esters is 2. The van der Waals surface area contributed by atoms with E-state index in [-0.39, 0.29) is 30.1 Å². The molecule has 0 aromatic rings. The van der Waals surface area contributed by atoms with E-state index in [1.807, 2.05) is 25.7 Å². The third kappa shape index (κ3) is 2.29. The zero-order valence-electron chi connectivity index (χ0n) is 10.8. The van der Waals surface area contributed by atoms with E-state index in [1.165, 1.54) is 7.11 Å². The molecule has 0 aromatic heterocycles. The molecule has 0 N–H and O–H groups in total. The molecule has 2 rings (SSSR count). The lowest BCUT2D eigenvalue weighted by atomic mass is 10.2. The van der Waals surface area contributed by atoms with E-state index < -0.39 is 5.60 Å². The minimum Gasteiger partial charge on any atom is -0.468 e. The van der Waals surface area contributed by atoms with E-state index in [1.54, 1.807) is 0 Å². The van der Waals surface area contributed by atoms with Gasteiger partial charge in [-0.1, -0.05) is 0 Å². The Morgan fingerprint density at radius 3 is 2.35 bits per heavy atom. The van der Waals surface area contributed by atoms with E-state index >= 15 is 0 Å². The van der Waals surface area contributed by atoms with Crippen LogP contribution in [0.1, 0.15) is 33.6 Å². The van der Waals surface area contributed by atoms with Crippen LogP contribution in [0.25, 0.3) is 0 Å². The smallest absolute Gasteiger partial charge is 0.325 e. The van der Waals surface area contributed by atoms with Crippen molar-refractivity contribution in [1.82, 2.24) is 4.90 Å². The first-order valence-corrected chi connectivity index (χ1v) is 5.86. The Morgan fingerprint density at radius 1 is 1.35 bits per heavy atom. The summed E-state index contributed by atoms with van der Waals surface area (Å²) in [5.74, 6) is -0.527. The molecule has 1 heterocycles. The molecular formula is C12H19NO4. The van der Waals surface area contributed by atoms with E-state index in [0.29, 0.717) is 0 Å². The summed E-state index contributed by atoms with van der Waals surface area (Å²) in [7, 11) is 1.38. The van der Waals surface area contributed by atoms with Gasteiger partial charge >= 0.3 is 11.9 Å². The van der Waals surface area contributed by atoms with Crippen molar-refractivity contribution in [3.63, 3.8) is 0 Å². The zero-order chi connectivity index (χ0) is 12.8. The highest BCUT2D eigenvalue weighted by atomic mass is 16.6. The molecule has 5 heteroatoms. The molecular weight excluding hydrogens is 222 g/mol. The second-order valence-corrected chi connectivity index (χ2v) is 5.74. The predicted molar refractivity (Wildman–Crippen MR) is 60.3 cm³/mol. The Balaban J connectivity index is 1.89. The maximum absolute atomic E-state index is 11.7. The summed E-state index contributed by atoms with van der Waals surface area (Å²) in [4.78, 5) is 25.0. The number of methoxy groups -OCH3 is 1. The monoisotopic (exact) mass is 241 g/mol. The SMILES string of the molecule is COC(=O)C1N(CC(=O)OC(C)(C)C)C12CC2. The van der Waals surface area contributed by atoms with Gasteiger partial charge in [0.1, 0.15) is 11.6 Å². The maximum atomic E-state index is 11.7. The predicted octanol–water partition coefficient (Wildman–Crippen LogP) is 0.718.